The van der Waals surface area contributed by atoms with E-state index in [4.69, 9.17) is 10.9 Å². The van der Waals surface area contributed by atoms with Gasteiger partial charge >= 0.3 is 0 Å². The van der Waals surface area contributed by atoms with Crippen molar-refractivity contribution in [1.29, 1.82) is 0 Å². The highest BCUT2D eigenvalue weighted by molar-refractivity contribution is 5.90. The Balaban J connectivity index is 3.69. The minimum absolute atomic E-state index is 0.147. The maximum Gasteiger partial charge on any atom is 0.240 e. The molecule has 0 radical (unpaired) electrons. The van der Waals surface area contributed by atoms with Crippen LogP contribution in [-0.4, -0.2) is 61.7 Å². The number of hydroxylamine groups is 1. The molecule has 0 spiro atoms. The maximum atomic E-state index is 11.2. The van der Waals surface area contributed by atoms with Crippen molar-refractivity contribution < 1.29 is 24.4 Å². The first kappa shape index (κ1) is 17.8. The van der Waals surface area contributed by atoms with E-state index in [1.807, 2.05) is 0 Å². The average molecular weight is 290 g/mol. The molecule has 0 aromatic carbocycles. The lowest BCUT2D eigenvalue weighted by molar-refractivity contribution is -0.128. The SMILES string of the molecule is NCC(=O)NCC(=O)NCC(=O)NCC(=O)NCNO. The first-order valence-corrected chi connectivity index (χ1v) is 5.63. The third-order valence-electron chi connectivity index (χ3n) is 1.89. The van der Waals surface area contributed by atoms with Gasteiger partial charge in [-0.2, -0.15) is 5.48 Å². The van der Waals surface area contributed by atoms with E-state index >= 15 is 0 Å². The molecule has 4 amide bonds. The summed E-state index contributed by atoms with van der Waals surface area (Å²) < 4.78 is 0. The molecule has 0 saturated heterocycles. The number of rotatable bonds is 9. The molecule has 11 nitrogen and oxygen atoms in total. The van der Waals surface area contributed by atoms with Crippen molar-refractivity contribution in [1.82, 2.24) is 26.7 Å². The molecule has 20 heavy (non-hydrogen) atoms. The summed E-state index contributed by atoms with van der Waals surface area (Å²) in [5.74, 6) is -2.13. The highest BCUT2D eigenvalue weighted by Gasteiger charge is 2.08. The van der Waals surface area contributed by atoms with Crippen molar-refractivity contribution in [2.24, 2.45) is 5.73 Å². The van der Waals surface area contributed by atoms with Crippen LogP contribution in [0.2, 0.25) is 0 Å². The maximum absolute atomic E-state index is 11.2. The molecule has 114 valence electrons. The lowest BCUT2D eigenvalue weighted by atomic mass is 10.4. The largest absolute Gasteiger partial charge is 0.346 e. The fraction of sp³-hybridized carbons (Fsp3) is 0.556. The summed E-state index contributed by atoms with van der Waals surface area (Å²) in [7, 11) is 0. The molecule has 11 heteroatoms. The Morgan fingerprint density at radius 2 is 1.15 bits per heavy atom. The van der Waals surface area contributed by atoms with Gasteiger partial charge < -0.3 is 32.2 Å². The van der Waals surface area contributed by atoms with E-state index in [1.54, 1.807) is 5.48 Å². The number of nitrogens with one attached hydrogen (secondary N) is 5. The molecule has 0 unspecified atom stereocenters. The van der Waals surface area contributed by atoms with Crippen LogP contribution in [0.25, 0.3) is 0 Å². The fourth-order valence-corrected chi connectivity index (χ4v) is 0.934. The lowest BCUT2D eigenvalue weighted by Crippen LogP contribution is -2.45. The second kappa shape index (κ2) is 10.7. The Bertz CT molecular complexity index is 361. The van der Waals surface area contributed by atoms with E-state index < -0.39 is 23.6 Å². The van der Waals surface area contributed by atoms with Gasteiger partial charge in [0.25, 0.3) is 0 Å². The van der Waals surface area contributed by atoms with Gasteiger partial charge in [-0.1, -0.05) is 0 Å². The van der Waals surface area contributed by atoms with Crippen molar-refractivity contribution in [2.75, 3.05) is 32.8 Å². The van der Waals surface area contributed by atoms with Gasteiger partial charge in [0.05, 0.1) is 32.8 Å². The van der Waals surface area contributed by atoms with Crippen molar-refractivity contribution >= 4 is 23.6 Å². The molecule has 0 saturated carbocycles. The number of amides is 4. The lowest BCUT2D eigenvalue weighted by Gasteiger charge is -2.07. The summed E-state index contributed by atoms with van der Waals surface area (Å²) in [6.07, 6.45) is 0. The zero-order valence-electron chi connectivity index (χ0n) is 10.7. The minimum Gasteiger partial charge on any atom is -0.346 e. The third kappa shape index (κ3) is 9.76. The van der Waals surface area contributed by atoms with Gasteiger partial charge in [0.15, 0.2) is 0 Å². The van der Waals surface area contributed by atoms with Crippen LogP contribution in [0.15, 0.2) is 0 Å². The topological polar surface area (TPSA) is 175 Å². The molecule has 0 aliphatic heterocycles. The predicted molar refractivity (Wildman–Crippen MR) is 66.0 cm³/mol. The number of hydrogen-bond acceptors (Lipinski definition) is 7. The van der Waals surface area contributed by atoms with Gasteiger partial charge in [-0.05, 0) is 0 Å². The Morgan fingerprint density at radius 1 is 0.750 bits per heavy atom. The zero-order valence-corrected chi connectivity index (χ0v) is 10.7. The Labute approximate surface area is 114 Å². The Hall–Kier alpha value is -2.24. The van der Waals surface area contributed by atoms with Crippen LogP contribution in [0.5, 0.6) is 0 Å². The average Bonchev–Trinajstić information content (AvgIpc) is 2.45. The summed E-state index contributed by atoms with van der Waals surface area (Å²) in [5.41, 5.74) is 6.73. The number of carbonyl (C=O) groups is 4. The van der Waals surface area contributed by atoms with Crippen molar-refractivity contribution in [3.05, 3.63) is 0 Å². The zero-order chi connectivity index (χ0) is 15.4. The van der Waals surface area contributed by atoms with E-state index in [0.29, 0.717) is 0 Å². The smallest absolute Gasteiger partial charge is 0.240 e. The predicted octanol–water partition coefficient (Wildman–Crippen LogP) is -4.65. The quantitative estimate of drug-likeness (QED) is 0.165. The van der Waals surface area contributed by atoms with Gasteiger partial charge in [-0.25, -0.2) is 0 Å². The van der Waals surface area contributed by atoms with Crippen LogP contribution in [0.4, 0.5) is 0 Å². The standard InChI is InChI=1S/C9H18N6O5/c10-1-6(16)11-2-7(17)12-3-8(18)13-4-9(19)14-5-15-20/h15,20H,1-5,10H2,(H,11,16)(H,12,17)(H,13,18)(H,14,19). The second-order valence-corrected chi connectivity index (χ2v) is 3.47. The molecule has 0 aromatic rings. The van der Waals surface area contributed by atoms with Crippen LogP contribution < -0.4 is 32.5 Å². The summed E-state index contributed by atoms with van der Waals surface area (Å²) >= 11 is 0. The highest BCUT2D eigenvalue weighted by Crippen LogP contribution is 1.69. The molecule has 0 fully saturated rings. The molecule has 8 N–H and O–H groups in total. The molecule has 0 heterocycles. The third-order valence-corrected chi connectivity index (χ3v) is 1.89. The van der Waals surface area contributed by atoms with Gasteiger partial charge in [0.2, 0.25) is 23.6 Å². The van der Waals surface area contributed by atoms with E-state index in [0.717, 1.165) is 0 Å². The van der Waals surface area contributed by atoms with Crippen LogP contribution >= 0.6 is 0 Å². The Kier molecular flexibility index (Phi) is 9.47. The molecule has 0 atom stereocenters. The highest BCUT2D eigenvalue weighted by atomic mass is 16.5. The molecular weight excluding hydrogens is 272 g/mol. The minimum atomic E-state index is -0.574. The van der Waals surface area contributed by atoms with E-state index in [9.17, 15) is 19.2 Å². The number of nitrogens with two attached hydrogens (primary N) is 1. The fourth-order valence-electron chi connectivity index (χ4n) is 0.934. The van der Waals surface area contributed by atoms with Crippen LogP contribution in [0.3, 0.4) is 0 Å². The summed E-state index contributed by atoms with van der Waals surface area (Å²) in [5, 5.41) is 17.1. The van der Waals surface area contributed by atoms with E-state index in [2.05, 4.69) is 21.3 Å². The van der Waals surface area contributed by atoms with Gasteiger partial charge in [0, 0.05) is 0 Å². The Morgan fingerprint density at radius 3 is 1.55 bits per heavy atom. The van der Waals surface area contributed by atoms with Crippen LogP contribution in [-0.2, 0) is 19.2 Å². The van der Waals surface area contributed by atoms with E-state index in [1.165, 1.54) is 0 Å². The number of hydrogen-bond donors (Lipinski definition) is 7. The van der Waals surface area contributed by atoms with Gasteiger partial charge in [0.1, 0.15) is 0 Å². The summed E-state index contributed by atoms with van der Waals surface area (Å²) in [6, 6.07) is 0. The molecular formula is C9H18N6O5. The van der Waals surface area contributed by atoms with E-state index in [-0.39, 0.29) is 32.8 Å². The van der Waals surface area contributed by atoms with Gasteiger partial charge in [-0.15, -0.1) is 0 Å². The second-order valence-electron chi connectivity index (χ2n) is 3.47. The van der Waals surface area contributed by atoms with Gasteiger partial charge in [-0.3, -0.25) is 19.2 Å². The molecule has 0 rings (SSSR count). The molecule has 0 aliphatic rings. The van der Waals surface area contributed by atoms with Crippen molar-refractivity contribution in [2.45, 2.75) is 0 Å². The molecule has 0 aliphatic carbocycles. The van der Waals surface area contributed by atoms with Crippen molar-refractivity contribution in [3.8, 4) is 0 Å². The molecule has 0 bridgehead atoms. The monoisotopic (exact) mass is 290 g/mol. The normalized spacial score (nSPS) is 9.50. The first-order chi connectivity index (χ1) is 9.49. The molecule has 0 aromatic heterocycles. The first-order valence-electron chi connectivity index (χ1n) is 5.63. The van der Waals surface area contributed by atoms with Crippen LogP contribution in [0.1, 0.15) is 0 Å². The van der Waals surface area contributed by atoms with Crippen molar-refractivity contribution in [3.63, 3.8) is 0 Å². The number of carbonyl (C=O) groups excluding carboxylic acids is 4. The van der Waals surface area contributed by atoms with Crippen LogP contribution in [0, 0.1) is 0 Å². The summed E-state index contributed by atoms with van der Waals surface area (Å²) in [6.45, 7) is -1.28. The summed E-state index contributed by atoms with van der Waals surface area (Å²) in [4.78, 5) is 44.2.